The lowest BCUT2D eigenvalue weighted by Gasteiger charge is -1.92. The van der Waals surface area contributed by atoms with Crippen molar-refractivity contribution in [2.75, 3.05) is 0 Å². The number of halogens is 2. The summed E-state index contributed by atoms with van der Waals surface area (Å²) in [6, 6.07) is 10.4. The van der Waals surface area contributed by atoms with Crippen LogP contribution in [0.1, 0.15) is 0 Å². The molecule has 46 valence electrons. The summed E-state index contributed by atoms with van der Waals surface area (Å²) in [4.78, 5) is 0. The van der Waals surface area contributed by atoms with Crippen LogP contribution >= 0.6 is 28.1 Å². The van der Waals surface area contributed by atoms with Gasteiger partial charge in [-0.05, 0) is 0 Å². The first-order valence-corrected chi connectivity index (χ1v) is 9.58. The molecular weight excluding hydrogens is 259 g/mol. The van der Waals surface area contributed by atoms with Crippen LogP contribution in [0.25, 0.3) is 0 Å². The van der Waals surface area contributed by atoms with Gasteiger partial charge in [-0.2, -0.15) is 28.1 Å². The summed E-state index contributed by atoms with van der Waals surface area (Å²) in [5.41, 5.74) is 0. The third-order valence-corrected chi connectivity index (χ3v) is 5.11. The first-order valence-electron chi connectivity index (χ1n) is 2.64. The van der Waals surface area contributed by atoms with Gasteiger partial charge in [0.05, 0.1) is 0 Å². The number of rotatable bonds is 1. The fraction of sp³-hybridized carbons (Fsp3) is 0. The third kappa shape index (κ3) is 2.43. The van der Waals surface area contributed by atoms with Crippen molar-refractivity contribution in [3.63, 3.8) is 0 Å². The van der Waals surface area contributed by atoms with E-state index in [1.165, 1.54) is 4.43 Å². The maximum Gasteiger partial charge on any atom is 0.491 e. The molecule has 0 amide bonds. The lowest BCUT2D eigenvalue weighted by molar-refractivity contribution is 1.77. The van der Waals surface area contributed by atoms with Crippen molar-refractivity contribution in [2.45, 2.75) is 0 Å². The third-order valence-electron chi connectivity index (χ3n) is 1.05. The van der Waals surface area contributed by atoms with E-state index in [4.69, 9.17) is 0 Å². The smallest absolute Gasteiger partial charge is 0.189 e. The molecule has 0 atom stereocenters. The van der Waals surface area contributed by atoms with E-state index in [2.05, 4.69) is 52.4 Å². The molecule has 0 bridgehead atoms. The molecule has 0 aromatic heterocycles. The van der Waals surface area contributed by atoms with Crippen LogP contribution in [0.15, 0.2) is 30.3 Å². The average Bonchev–Trinajstić information content (AvgIpc) is 1.90. The van der Waals surface area contributed by atoms with Gasteiger partial charge in [0.15, 0.2) is 0 Å². The van der Waals surface area contributed by atoms with Crippen molar-refractivity contribution in [3.8, 4) is 0 Å². The minimum atomic E-state index is -0.904. The van der Waals surface area contributed by atoms with Crippen molar-refractivity contribution in [3.05, 3.63) is 30.3 Å². The fourth-order valence-electron chi connectivity index (χ4n) is 0.599. The summed E-state index contributed by atoms with van der Waals surface area (Å²) in [6.45, 7) is 0. The highest BCUT2D eigenvalue weighted by molar-refractivity contribution is 9.49. The van der Waals surface area contributed by atoms with Crippen LogP contribution in [0.4, 0.5) is 0 Å². The normalized spacial score (nSPS) is 9.11. The summed E-state index contributed by atoms with van der Waals surface area (Å²) in [5.74, 6) is 0. The second-order valence-electron chi connectivity index (χ2n) is 1.71. The Morgan fingerprint density at radius 2 is 1.56 bits per heavy atom. The van der Waals surface area contributed by atoms with Crippen molar-refractivity contribution < 1.29 is 0 Å². The van der Waals surface area contributed by atoms with Gasteiger partial charge in [-0.1, -0.05) is 34.8 Å². The van der Waals surface area contributed by atoms with Crippen LogP contribution in [0, 0.1) is 0 Å². The summed E-state index contributed by atoms with van der Waals surface area (Å²) in [6.07, 6.45) is 0. The van der Waals surface area contributed by atoms with Crippen molar-refractivity contribution in [1.82, 2.24) is 0 Å². The first kappa shape index (κ1) is 7.82. The Labute approximate surface area is 73.0 Å². The minimum Gasteiger partial charge on any atom is -0.189 e. The molecule has 0 radical (unpaired) electrons. The van der Waals surface area contributed by atoms with Gasteiger partial charge in [0.1, 0.15) is 0 Å². The Hall–Kier alpha value is 0.712. The van der Waals surface area contributed by atoms with Gasteiger partial charge in [0.2, 0.25) is 0 Å². The Kier molecular flexibility index (Phi) is 3.28. The molecule has 0 aliphatic carbocycles. The van der Waals surface area contributed by atoms with Gasteiger partial charge in [-0.3, -0.25) is 0 Å². The zero-order valence-corrected chi connectivity index (χ0v) is 9.05. The molecule has 0 saturated carbocycles. The molecule has 0 unspecified atom stereocenters. The summed E-state index contributed by atoms with van der Waals surface area (Å²) >= 11 is 7.08. The standard InChI is InChI=1S/C6H5.Al.2BrH/c1-2-4-6-5-3-1;;;/h1-5H;;2*1H/q;+2;;/p-2. The van der Waals surface area contributed by atoms with Crippen LogP contribution in [0.5, 0.6) is 0 Å². The van der Waals surface area contributed by atoms with Gasteiger partial charge in [-0.25, -0.2) is 0 Å². The van der Waals surface area contributed by atoms with E-state index >= 15 is 0 Å². The predicted octanol–water partition coefficient (Wildman–Crippen LogP) is 2.17. The van der Waals surface area contributed by atoms with Crippen molar-refractivity contribution in [1.29, 1.82) is 0 Å². The predicted molar refractivity (Wildman–Crippen MR) is 49.7 cm³/mol. The quantitative estimate of drug-likeness (QED) is 0.682. The summed E-state index contributed by atoms with van der Waals surface area (Å²) < 4.78 is 1.39. The Morgan fingerprint density at radius 3 is 1.89 bits per heavy atom. The van der Waals surface area contributed by atoms with Crippen molar-refractivity contribution in [2.24, 2.45) is 0 Å². The van der Waals surface area contributed by atoms with Crippen LogP contribution in [0.2, 0.25) is 0 Å². The van der Waals surface area contributed by atoms with E-state index < -0.39 is 10.5 Å². The number of hydrogen-bond donors (Lipinski definition) is 0. The minimum absolute atomic E-state index is 0.904. The average molecular weight is 264 g/mol. The first-order chi connectivity index (χ1) is 4.30. The monoisotopic (exact) mass is 262 g/mol. The molecule has 1 rings (SSSR count). The molecule has 1 aromatic rings. The van der Waals surface area contributed by atoms with Crippen LogP contribution < -0.4 is 4.43 Å². The van der Waals surface area contributed by atoms with Crippen molar-refractivity contribution >= 4 is 43.0 Å². The second kappa shape index (κ2) is 3.78. The van der Waals surface area contributed by atoms with E-state index in [0.717, 1.165) is 0 Å². The molecule has 9 heavy (non-hydrogen) atoms. The molecule has 0 fully saturated rings. The molecule has 1 aromatic carbocycles. The van der Waals surface area contributed by atoms with E-state index in [9.17, 15) is 0 Å². The molecule has 0 spiro atoms. The zero-order valence-electron chi connectivity index (χ0n) is 4.72. The largest absolute Gasteiger partial charge is 0.491 e. The fourth-order valence-corrected chi connectivity index (χ4v) is 2.94. The molecule has 0 aliphatic rings. The van der Waals surface area contributed by atoms with E-state index in [1.807, 2.05) is 6.07 Å². The van der Waals surface area contributed by atoms with Crippen LogP contribution in [-0.2, 0) is 0 Å². The van der Waals surface area contributed by atoms with Crippen LogP contribution in [0.3, 0.4) is 0 Å². The van der Waals surface area contributed by atoms with Gasteiger partial charge in [-0.15, -0.1) is 0 Å². The van der Waals surface area contributed by atoms with Gasteiger partial charge in [0.25, 0.3) is 0 Å². The number of hydrogen-bond acceptors (Lipinski definition) is 0. The molecule has 0 saturated heterocycles. The van der Waals surface area contributed by atoms with E-state index in [0.29, 0.717) is 0 Å². The van der Waals surface area contributed by atoms with Gasteiger partial charge < -0.3 is 0 Å². The lowest BCUT2D eigenvalue weighted by Crippen LogP contribution is -2.15. The maximum absolute atomic E-state index is 3.54. The topological polar surface area (TPSA) is 0 Å². The molecule has 0 N–H and O–H groups in total. The number of benzene rings is 1. The van der Waals surface area contributed by atoms with Gasteiger partial charge >= 0.3 is 10.5 Å². The maximum atomic E-state index is 3.54. The Morgan fingerprint density at radius 1 is 1.00 bits per heavy atom. The SMILES string of the molecule is [Br][Al]([Br])[c]1ccccc1. The molecule has 3 heteroatoms. The molecule has 0 nitrogen and oxygen atoms in total. The molecule has 0 aliphatic heterocycles. The Bertz CT molecular complexity index is 174. The second-order valence-corrected chi connectivity index (χ2v) is 12.2. The Balaban J connectivity index is 2.85. The molecule has 0 heterocycles. The van der Waals surface area contributed by atoms with E-state index in [1.54, 1.807) is 0 Å². The van der Waals surface area contributed by atoms with Gasteiger partial charge in [0, 0.05) is 0 Å². The zero-order chi connectivity index (χ0) is 6.69. The summed E-state index contributed by atoms with van der Waals surface area (Å²) in [7, 11) is -0.904. The molecular formula is C6H5AlBr2. The summed E-state index contributed by atoms with van der Waals surface area (Å²) in [5, 5.41) is 0. The van der Waals surface area contributed by atoms with Crippen LogP contribution in [-0.4, -0.2) is 10.5 Å². The van der Waals surface area contributed by atoms with E-state index in [-0.39, 0.29) is 0 Å². The highest BCUT2D eigenvalue weighted by Crippen LogP contribution is 2.01. The lowest BCUT2D eigenvalue weighted by atomic mass is 10.4. The highest BCUT2D eigenvalue weighted by atomic mass is 79.9. The highest BCUT2D eigenvalue weighted by Gasteiger charge is 2.09.